The van der Waals surface area contributed by atoms with Crippen molar-refractivity contribution in [2.75, 3.05) is 11.1 Å². The highest BCUT2D eigenvalue weighted by atomic mass is 32.1. The van der Waals surface area contributed by atoms with E-state index in [4.69, 9.17) is 22.2 Å². The zero-order valence-corrected chi connectivity index (χ0v) is 16.4. The zero-order valence-electron chi connectivity index (χ0n) is 27.6. The van der Waals surface area contributed by atoms with Gasteiger partial charge in [-0.05, 0) is 49.4 Å². The minimum Gasteiger partial charge on any atom is -0.388 e. The average molecular weight is 422 g/mol. The van der Waals surface area contributed by atoms with E-state index >= 15 is 0 Å². The first-order valence-corrected chi connectivity index (χ1v) is 9.51. The van der Waals surface area contributed by atoms with Crippen molar-refractivity contribution < 1.29 is 26.4 Å². The Labute approximate surface area is 192 Å². The summed E-state index contributed by atoms with van der Waals surface area (Å²) in [6.07, 6.45) is -7.25. The van der Waals surface area contributed by atoms with Crippen LogP contribution in [0.5, 0.6) is 0 Å². The fourth-order valence-corrected chi connectivity index (χ4v) is 2.75. The maximum atomic E-state index is 12.5. The molecule has 1 aromatic heterocycles. The van der Waals surface area contributed by atoms with Gasteiger partial charge in [-0.2, -0.15) is 0 Å². The first-order valence-electron chi connectivity index (χ1n) is 14.7. The van der Waals surface area contributed by atoms with Gasteiger partial charge in [0.2, 0.25) is 5.91 Å². The van der Waals surface area contributed by atoms with Gasteiger partial charge in [-0.15, -0.1) is 11.3 Å². The Morgan fingerprint density at radius 1 is 1.31 bits per heavy atom. The first-order chi connectivity index (χ1) is 18.8. The van der Waals surface area contributed by atoms with Crippen LogP contribution in [0.4, 0.5) is 10.8 Å². The third-order valence-electron chi connectivity index (χ3n) is 3.67. The second-order valence-electron chi connectivity index (χ2n) is 6.05. The van der Waals surface area contributed by atoms with Crippen LogP contribution in [0.3, 0.4) is 0 Å². The lowest BCUT2D eigenvalue weighted by molar-refractivity contribution is -0.115. The molecule has 0 saturated heterocycles. The Bertz CT molecular complexity index is 1470. The summed E-state index contributed by atoms with van der Waals surface area (Å²) in [4.78, 5) is 16.3. The van der Waals surface area contributed by atoms with Gasteiger partial charge in [0.15, 0.2) is 5.13 Å². The molecule has 152 valence electrons. The van der Waals surface area contributed by atoms with Gasteiger partial charge in [-0.3, -0.25) is 4.79 Å². The number of amides is 1. The van der Waals surface area contributed by atoms with E-state index in [1.807, 2.05) is 0 Å². The Morgan fingerprint density at radius 2 is 2.03 bits per heavy atom. The fraction of sp³-hybridized carbons (Fsp3) is 0.304. The van der Waals surface area contributed by atoms with Crippen molar-refractivity contribution in [3.8, 4) is 0 Å². The van der Waals surface area contributed by atoms with E-state index in [0.29, 0.717) is 0 Å². The van der Waals surface area contributed by atoms with Crippen molar-refractivity contribution in [3.63, 3.8) is 0 Å². The van der Waals surface area contributed by atoms with Gasteiger partial charge in [0.25, 0.3) is 0 Å². The third kappa shape index (κ3) is 6.69. The summed E-state index contributed by atoms with van der Waals surface area (Å²) in [5.41, 5.74) is 4.30. The molecule has 4 N–H and O–H groups in total. The van der Waals surface area contributed by atoms with E-state index in [9.17, 15) is 9.90 Å². The molecule has 3 aromatic rings. The molecule has 29 heavy (non-hydrogen) atoms. The molecule has 6 heteroatoms. The summed E-state index contributed by atoms with van der Waals surface area (Å²) >= 11 is 0.864. The summed E-state index contributed by atoms with van der Waals surface area (Å²) in [5, 5.41) is 13.1. The molecule has 1 amide bonds. The summed E-state index contributed by atoms with van der Waals surface area (Å²) < 4.78 is 98.1. The highest BCUT2D eigenvalue weighted by Crippen LogP contribution is 2.21. The van der Waals surface area contributed by atoms with Crippen LogP contribution in [0.2, 0.25) is 0 Å². The number of nitrogens with one attached hydrogen (secondary N) is 1. The van der Waals surface area contributed by atoms with Crippen LogP contribution in [-0.2, 0) is 17.6 Å². The number of benzene rings is 2. The van der Waals surface area contributed by atoms with Gasteiger partial charge in [-0.25, -0.2) is 4.98 Å². The van der Waals surface area contributed by atoms with Crippen molar-refractivity contribution in [1.82, 2.24) is 4.98 Å². The molecule has 5 nitrogen and oxygen atoms in total. The van der Waals surface area contributed by atoms with Crippen molar-refractivity contribution in [2.45, 2.75) is 45.1 Å². The van der Waals surface area contributed by atoms with Crippen molar-refractivity contribution in [1.29, 1.82) is 0 Å². The normalized spacial score (nSPS) is 19.4. The number of aliphatic hydroxyl groups is 1. The summed E-state index contributed by atoms with van der Waals surface area (Å²) in [5.74, 6) is -0.757. The second-order valence-corrected chi connectivity index (χ2v) is 6.88. The first kappa shape index (κ1) is 10.4. The van der Waals surface area contributed by atoms with E-state index in [0.717, 1.165) is 11.3 Å². The van der Waals surface area contributed by atoms with Crippen LogP contribution in [0.25, 0.3) is 0 Å². The van der Waals surface area contributed by atoms with Crippen LogP contribution < -0.4 is 11.1 Å². The lowest BCUT2D eigenvalue weighted by Gasteiger charge is -2.11. The molecule has 0 saturated carbocycles. The quantitative estimate of drug-likeness (QED) is 0.469. The number of nitrogens with two attached hydrogens (primary N) is 1. The molecule has 0 bridgehead atoms. The maximum absolute atomic E-state index is 12.5. The Kier molecular flexibility index (Phi) is 3.64. The van der Waals surface area contributed by atoms with Crippen LogP contribution in [0.1, 0.15) is 64.1 Å². The van der Waals surface area contributed by atoms with Crippen LogP contribution in [-0.4, -0.2) is 16.0 Å². The summed E-state index contributed by atoms with van der Waals surface area (Å²) in [6, 6.07) is -4.56. The number of nitrogen functional groups attached to an aromatic ring is 1. The van der Waals surface area contributed by atoms with Crippen LogP contribution >= 0.6 is 11.3 Å². The highest BCUT2D eigenvalue weighted by Gasteiger charge is 2.08. The number of hydrogen-bond donors (Lipinski definition) is 3. The molecule has 3 rings (SSSR count). The van der Waals surface area contributed by atoms with Crippen molar-refractivity contribution in [3.05, 3.63) is 76.1 Å². The zero-order chi connectivity index (χ0) is 31.2. The van der Waals surface area contributed by atoms with Crippen molar-refractivity contribution in [2.24, 2.45) is 0 Å². The molecular formula is C23H27N3O2S. The molecule has 0 spiro atoms. The van der Waals surface area contributed by atoms with Gasteiger partial charge in [0.1, 0.15) is 0 Å². The molecule has 0 radical (unpaired) electrons. The lowest BCUT2D eigenvalue weighted by Crippen LogP contribution is -2.14. The predicted octanol–water partition coefficient (Wildman–Crippen LogP) is 4.66. The van der Waals surface area contributed by atoms with Crippen LogP contribution in [0.15, 0.2) is 53.7 Å². The van der Waals surface area contributed by atoms with E-state index in [2.05, 4.69) is 10.3 Å². The number of hydrogen-bond acceptors (Lipinski definition) is 5. The monoisotopic (exact) mass is 421 g/mol. The minimum atomic E-state index is -2.69. The summed E-state index contributed by atoms with van der Waals surface area (Å²) in [6.45, 7) is 1.37. The number of carbonyl (C=O) groups is 1. The largest absolute Gasteiger partial charge is 0.388 e. The van der Waals surface area contributed by atoms with Crippen molar-refractivity contribution >= 4 is 28.1 Å². The van der Waals surface area contributed by atoms with E-state index in [-0.39, 0.29) is 27.3 Å². The lowest BCUT2D eigenvalue weighted by atomic mass is 10.0. The van der Waals surface area contributed by atoms with E-state index in [1.165, 1.54) is 6.92 Å². The molecule has 1 atom stereocenters. The topological polar surface area (TPSA) is 88.2 Å². The SMILES string of the molecule is [2H]c1sc(N)nc1CC(=O)Nc1c([2H])c([2H])c(CC([2H])([2H])CC[C@]([2H])(O)c2c([2H])c([2H])c(C)c([2H])c2[2H])c([2H])c1[2H]. The minimum absolute atomic E-state index is 0.0325. The number of carbonyl (C=O) groups excluding carboxylic acids is 1. The number of rotatable bonds is 9. The summed E-state index contributed by atoms with van der Waals surface area (Å²) in [7, 11) is 0. The van der Waals surface area contributed by atoms with Crippen LogP contribution in [0, 0.1) is 6.92 Å². The van der Waals surface area contributed by atoms with Gasteiger partial charge in [0.05, 0.1) is 31.9 Å². The third-order valence-corrected chi connectivity index (χ3v) is 4.30. The average Bonchev–Trinajstić information content (AvgIpc) is 3.20. The molecule has 0 aliphatic rings. The van der Waals surface area contributed by atoms with E-state index < -0.39 is 104 Å². The number of thiazole rings is 1. The van der Waals surface area contributed by atoms with Gasteiger partial charge in [-0.1, -0.05) is 48.2 Å². The van der Waals surface area contributed by atoms with Gasteiger partial charge in [0, 0.05) is 13.8 Å². The molecule has 2 aromatic carbocycles. The molecule has 0 unspecified atom stereocenters. The molecule has 1 heterocycles. The molecular weight excluding hydrogens is 382 g/mol. The number of aromatic nitrogens is 1. The van der Waals surface area contributed by atoms with Gasteiger partial charge >= 0.3 is 0 Å². The number of nitrogens with zero attached hydrogens (tertiary/aromatic N) is 1. The smallest absolute Gasteiger partial charge is 0.230 e. The highest BCUT2D eigenvalue weighted by molar-refractivity contribution is 7.13. The number of anilines is 2. The maximum Gasteiger partial charge on any atom is 0.230 e. The predicted molar refractivity (Wildman–Crippen MR) is 119 cm³/mol. The fourth-order valence-electron chi connectivity index (χ4n) is 2.25. The Balaban J connectivity index is 1.83. The Morgan fingerprint density at radius 3 is 2.69 bits per heavy atom. The van der Waals surface area contributed by atoms with E-state index in [1.54, 1.807) is 0 Å². The standard InChI is InChI=1S/C23H27N3O2S/c1-16-6-10-18(11-7-16)21(27)5-3-2-4-17-8-12-19(13-9-17)25-22(28)14-20-15-29-23(24)26-20/h6-13,15,21,27H,2-5,14H2,1H3,(H2,24,26)(H,25,28)/t21-/m0/s1/i2D2,6D,7D,8D,9D,10D,11D,12D,13D,15D,21D. The van der Waals surface area contributed by atoms with Gasteiger partial charge < -0.3 is 16.2 Å². The molecule has 0 aliphatic heterocycles. The molecule has 0 aliphatic carbocycles. The molecule has 0 fully saturated rings. The Hall–Kier alpha value is -2.70. The second kappa shape index (κ2) is 10.2.